The van der Waals surface area contributed by atoms with E-state index in [1.165, 1.54) is 0 Å². The Morgan fingerprint density at radius 1 is 1.50 bits per heavy atom. The SMILES string of the molecule is CC(CC(O)c1cn[nH]c1)C(C)(C)C. The first-order valence-corrected chi connectivity index (χ1v) is 5.08. The normalized spacial score (nSPS) is 16.6. The van der Waals surface area contributed by atoms with Gasteiger partial charge in [-0.3, -0.25) is 5.10 Å². The van der Waals surface area contributed by atoms with Gasteiger partial charge >= 0.3 is 0 Å². The molecule has 0 bridgehead atoms. The zero-order chi connectivity index (χ0) is 10.8. The van der Waals surface area contributed by atoms with Gasteiger partial charge in [0, 0.05) is 11.8 Å². The van der Waals surface area contributed by atoms with E-state index in [1.54, 1.807) is 12.4 Å². The third-order valence-electron chi connectivity index (χ3n) is 2.96. The van der Waals surface area contributed by atoms with Crippen LogP contribution >= 0.6 is 0 Å². The molecule has 0 aliphatic heterocycles. The minimum absolute atomic E-state index is 0.241. The Labute approximate surface area is 85.5 Å². The lowest BCUT2D eigenvalue weighted by molar-refractivity contribution is 0.111. The van der Waals surface area contributed by atoms with Crippen molar-refractivity contribution in [3.05, 3.63) is 18.0 Å². The minimum atomic E-state index is -0.400. The fourth-order valence-electron chi connectivity index (χ4n) is 1.27. The van der Waals surface area contributed by atoms with Crippen LogP contribution in [0.1, 0.15) is 45.8 Å². The lowest BCUT2D eigenvalue weighted by Gasteiger charge is -2.28. The molecule has 2 unspecified atom stereocenters. The summed E-state index contributed by atoms with van der Waals surface area (Å²) in [7, 11) is 0. The maximum Gasteiger partial charge on any atom is 0.0823 e. The molecule has 3 heteroatoms. The number of aliphatic hydroxyl groups is 1. The van der Waals surface area contributed by atoms with Crippen molar-refractivity contribution in [1.82, 2.24) is 10.2 Å². The molecule has 0 amide bonds. The molecule has 0 fully saturated rings. The first kappa shape index (κ1) is 11.2. The number of hydrogen-bond donors (Lipinski definition) is 2. The Kier molecular flexibility index (Phi) is 3.32. The summed E-state index contributed by atoms with van der Waals surface area (Å²) in [6.07, 6.45) is 3.81. The van der Waals surface area contributed by atoms with Crippen LogP contribution in [0.25, 0.3) is 0 Å². The number of aliphatic hydroxyl groups excluding tert-OH is 1. The molecule has 0 aromatic carbocycles. The lowest BCUT2D eigenvalue weighted by atomic mass is 9.78. The van der Waals surface area contributed by atoms with Crippen LogP contribution < -0.4 is 0 Å². The first-order valence-electron chi connectivity index (χ1n) is 5.08. The average Bonchev–Trinajstić information content (AvgIpc) is 2.53. The number of H-pyrrole nitrogens is 1. The molecule has 0 spiro atoms. The van der Waals surface area contributed by atoms with Gasteiger partial charge in [0.15, 0.2) is 0 Å². The molecule has 0 saturated carbocycles. The van der Waals surface area contributed by atoms with Crippen molar-refractivity contribution in [2.45, 2.75) is 40.2 Å². The molecule has 1 aromatic heterocycles. The van der Waals surface area contributed by atoms with Crippen LogP contribution in [0.15, 0.2) is 12.4 Å². The first-order chi connectivity index (χ1) is 6.41. The van der Waals surface area contributed by atoms with E-state index in [1.807, 2.05) is 0 Å². The summed E-state index contributed by atoms with van der Waals surface area (Å²) < 4.78 is 0. The second kappa shape index (κ2) is 4.13. The Hall–Kier alpha value is -0.830. The van der Waals surface area contributed by atoms with Gasteiger partial charge in [0.25, 0.3) is 0 Å². The van der Waals surface area contributed by atoms with Gasteiger partial charge in [-0.2, -0.15) is 5.10 Å². The van der Waals surface area contributed by atoms with Crippen LogP contribution in [0, 0.1) is 11.3 Å². The molecule has 2 N–H and O–H groups in total. The van der Waals surface area contributed by atoms with Crippen molar-refractivity contribution in [2.75, 3.05) is 0 Å². The molecule has 2 atom stereocenters. The third kappa shape index (κ3) is 2.84. The van der Waals surface area contributed by atoms with Crippen LogP contribution in [0.4, 0.5) is 0 Å². The van der Waals surface area contributed by atoms with Crippen molar-refractivity contribution in [3.8, 4) is 0 Å². The van der Waals surface area contributed by atoms with Crippen LogP contribution in [-0.4, -0.2) is 15.3 Å². The zero-order valence-corrected chi connectivity index (χ0v) is 9.41. The lowest BCUT2D eigenvalue weighted by Crippen LogP contribution is -2.19. The van der Waals surface area contributed by atoms with E-state index in [-0.39, 0.29) is 5.41 Å². The second-order valence-corrected chi connectivity index (χ2v) is 5.05. The van der Waals surface area contributed by atoms with E-state index in [0.29, 0.717) is 5.92 Å². The van der Waals surface area contributed by atoms with Crippen LogP contribution in [0.3, 0.4) is 0 Å². The number of nitrogens with zero attached hydrogens (tertiary/aromatic N) is 1. The van der Waals surface area contributed by atoms with Crippen molar-refractivity contribution in [3.63, 3.8) is 0 Å². The summed E-state index contributed by atoms with van der Waals surface area (Å²) in [6.45, 7) is 8.75. The Morgan fingerprint density at radius 2 is 2.14 bits per heavy atom. The van der Waals surface area contributed by atoms with Crippen molar-refractivity contribution >= 4 is 0 Å². The maximum absolute atomic E-state index is 9.88. The van der Waals surface area contributed by atoms with Gasteiger partial charge in [0.05, 0.1) is 12.3 Å². The van der Waals surface area contributed by atoms with E-state index in [0.717, 1.165) is 12.0 Å². The molecule has 3 nitrogen and oxygen atoms in total. The fourth-order valence-corrected chi connectivity index (χ4v) is 1.27. The smallest absolute Gasteiger partial charge is 0.0823 e. The minimum Gasteiger partial charge on any atom is -0.388 e. The molecule has 1 rings (SSSR count). The largest absolute Gasteiger partial charge is 0.388 e. The standard InChI is InChI=1S/C11H20N2O/c1-8(11(2,3)4)5-10(14)9-6-12-13-7-9/h6-8,10,14H,5H2,1-4H3,(H,12,13). The quantitative estimate of drug-likeness (QED) is 0.780. The summed E-state index contributed by atoms with van der Waals surface area (Å²) in [5.41, 5.74) is 1.12. The topological polar surface area (TPSA) is 48.9 Å². The van der Waals surface area contributed by atoms with Crippen LogP contribution in [0.5, 0.6) is 0 Å². The van der Waals surface area contributed by atoms with E-state index < -0.39 is 6.10 Å². The zero-order valence-electron chi connectivity index (χ0n) is 9.41. The number of rotatable bonds is 3. The summed E-state index contributed by atoms with van der Waals surface area (Å²) in [5.74, 6) is 0.479. The van der Waals surface area contributed by atoms with Crippen molar-refractivity contribution in [1.29, 1.82) is 0 Å². The molecular formula is C11H20N2O. The number of nitrogens with one attached hydrogen (secondary N) is 1. The van der Waals surface area contributed by atoms with Crippen LogP contribution in [0.2, 0.25) is 0 Å². The van der Waals surface area contributed by atoms with Gasteiger partial charge in [-0.05, 0) is 17.8 Å². The van der Waals surface area contributed by atoms with E-state index in [2.05, 4.69) is 37.9 Å². The number of aromatic nitrogens is 2. The summed E-state index contributed by atoms with van der Waals surface area (Å²) in [4.78, 5) is 0. The molecule has 0 radical (unpaired) electrons. The predicted octanol–water partition coefficient (Wildman–Crippen LogP) is 2.52. The second-order valence-electron chi connectivity index (χ2n) is 5.05. The summed E-state index contributed by atoms with van der Waals surface area (Å²) in [6, 6.07) is 0. The molecular weight excluding hydrogens is 176 g/mol. The van der Waals surface area contributed by atoms with Crippen molar-refractivity contribution in [2.24, 2.45) is 11.3 Å². The van der Waals surface area contributed by atoms with E-state index >= 15 is 0 Å². The van der Waals surface area contributed by atoms with Gasteiger partial charge in [0.2, 0.25) is 0 Å². The third-order valence-corrected chi connectivity index (χ3v) is 2.96. The Morgan fingerprint density at radius 3 is 2.57 bits per heavy atom. The molecule has 0 aliphatic rings. The predicted molar refractivity (Wildman–Crippen MR) is 56.8 cm³/mol. The van der Waals surface area contributed by atoms with Gasteiger partial charge in [-0.15, -0.1) is 0 Å². The van der Waals surface area contributed by atoms with Crippen LogP contribution in [-0.2, 0) is 0 Å². The Bertz CT molecular complexity index is 261. The number of hydrogen-bond acceptors (Lipinski definition) is 2. The maximum atomic E-state index is 9.88. The van der Waals surface area contributed by atoms with E-state index in [9.17, 15) is 5.11 Å². The molecule has 80 valence electrons. The highest BCUT2D eigenvalue weighted by molar-refractivity contribution is 5.06. The highest BCUT2D eigenvalue weighted by Gasteiger charge is 2.23. The van der Waals surface area contributed by atoms with Gasteiger partial charge in [-0.1, -0.05) is 27.7 Å². The molecule has 14 heavy (non-hydrogen) atoms. The summed E-state index contributed by atoms with van der Waals surface area (Å²) >= 11 is 0. The van der Waals surface area contributed by atoms with Gasteiger partial charge in [0.1, 0.15) is 0 Å². The van der Waals surface area contributed by atoms with E-state index in [4.69, 9.17) is 0 Å². The highest BCUT2D eigenvalue weighted by Crippen LogP contribution is 2.32. The van der Waals surface area contributed by atoms with Gasteiger partial charge in [-0.25, -0.2) is 0 Å². The average molecular weight is 196 g/mol. The summed E-state index contributed by atoms with van der Waals surface area (Å²) in [5, 5.41) is 16.4. The van der Waals surface area contributed by atoms with Crippen molar-refractivity contribution < 1.29 is 5.11 Å². The molecule has 0 aliphatic carbocycles. The fraction of sp³-hybridized carbons (Fsp3) is 0.727. The number of aromatic amines is 1. The van der Waals surface area contributed by atoms with Gasteiger partial charge < -0.3 is 5.11 Å². The highest BCUT2D eigenvalue weighted by atomic mass is 16.3. The molecule has 1 aromatic rings. The molecule has 1 heterocycles. The molecule has 0 saturated heterocycles. The monoisotopic (exact) mass is 196 g/mol. The Balaban J connectivity index is 2.53.